The Morgan fingerprint density at radius 2 is 1.38 bits per heavy atom. The highest BCUT2D eigenvalue weighted by atomic mass is 16.6. The number of fused-ring (bicyclic) bond motifs is 2. The van der Waals surface area contributed by atoms with Gasteiger partial charge in [0, 0.05) is 35.7 Å². The molecule has 3 unspecified atom stereocenters. The molecule has 1 aliphatic heterocycles. The summed E-state index contributed by atoms with van der Waals surface area (Å²) >= 11 is 0. The van der Waals surface area contributed by atoms with Crippen LogP contribution in [0.2, 0.25) is 0 Å². The normalized spacial score (nSPS) is 20.5. The van der Waals surface area contributed by atoms with Gasteiger partial charge in [0.15, 0.2) is 0 Å². The van der Waals surface area contributed by atoms with E-state index in [9.17, 15) is 14.7 Å². The zero-order valence-corrected chi connectivity index (χ0v) is 16.1. The largest absolute Gasteiger partial charge is 0.392 e. The molecule has 3 atom stereocenters. The highest BCUT2D eigenvalue weighted by Gasteiger charge is 2.48. The average molecular weight is 388 g/mol. The van der Waals surface area contributed by atoms with Crippen molar-refractivity contribution in [3.63, 3.8) is 0 Å². The van der Waals surface area contributed by atoms with E-state index in [4.69, 9.17) is 4.74 Å². The minimum atomic E-state index is -0.766. The van der Waals surface area contributed by atoms with Crippen molar-refractivity contribution in [3.8, 4) is 0 Å². The first-order valence-corrected chi connectivity index (χ1v) is 9.54. The molecular weight excluding hydrogens is 368 g/mol. The quantitative estimate of drug-likeness (QED) is 0.430. The third kappa shape index (κ3) is 2.53. The van der Waals surface area contributed by atoms with Crippen LogP contribution in [0.3, 0.4) is 0 Å². The molecule has 6 heteroatoms. The van der Waals surface area contributed by atoms with Gasteiger partial charge in [0.2, 0.25) is 0 Å². The molecule has 1 fully saturated rings. The average Bonchev–Trinajstić information content (AvgIpc) is 3.33. The molecule has 0 saturated carbocycles. The lowest BCUT2D eigenvalue weighted by atomic mass is 9.83. The number of benzene rings is 2. The summed E-state index contributed by atoms with van der Waals surface area (Å²) < 4.78 is 8.78. The molecule has 0 aliphatic carbocycles. The van der Waals surface area contributed by atoms with Gasteiger partial charge in [-0.2, -0.15) is 0 Å². The van der Waals surface area contributed by atoms with Crippen LogP contribution in [0, 0.1) is 0 Å². The molecule has 2 aromatic carbocycles. The van der Waals surface area contributed by atoms with Crippen LogP contribution in [-0.2, 0) is 21.4 Å². The Morgan fingerprint density at radius 3 is 2.00 bits per heavy atom. The fourth-order valence-corrected chi connectivity index (χ4v) is 4.52. The molecule has 1 saturated heterocycles. The number of ether oxygens (including phenoxy) is 1. The highest BCUT2D eigenvalue weighted by Crippen LogP contribution is 2.45. The fraction of sp³-hybridized carbons (Fsp3) is 0.217. The van der Waals surface area contributed by atoms with Crippen LogP contribution in [0.15, 0.2) is 60.9 Å². The summed E-state index contributed by atoms with van der Waals surface area (Å²) in [7, 11) is 1.92. The number of aliphatic hydroxyl groups is 1. The third-order valence-corrected chi connectivity index (χ3v) is 5.81. The van der Waals surface area contributed by atoms with E-state index in [-0.39, 0.29) is 0 Å². The summed E-state index contributed by atoms with van der Waals surface area (Å²) in [6.07, 6.45) is 2.89. The van der Waals surface area contributed by atoms with E-state index in [2.05, 4.69) is 0 Å². The van der Waals surface area contributed by atoms with Crippen LogP contribution in [0.5, 0.6) is 0 Å². The van der Waals surface area contributed by atoms with Crippen LogP contribution in [0.25, 0.3) is 21.8 Å². The van der Waals surface area contributed by atoms with E-state index in [0.717, 1.165) is 27.4 Å². The number of hydrogen-bond acceptors (Lipinski definition) is 4. The molecule has 1 aliphatic rings. The molecule has 0 spiro atoms. The zero-order chi connectivity index (χ0) is 20.3. The van der Waals surface area contributed by atoms with Crippen molar-refractivity contribution in [1.82, 2.24) is 9.13 Å². The number of nitrogens with zero attached hydrogens (tertiary/aromatic N) is 2. The lowest BCUT2D eigenvalue weighted by Gasteiger charge is -2.13. The van der Waals surface area contributed by atoms with Gasteiger partial charge < -0.3 is 19.0 Å². The Labute approximate surface area is 166 Å². The van der Waals surface area contributed by atoms with Gasteiger partial charge in [0.25, 0.3) is 0 Å². The minimum absolute atomic E-state index is 0.537. The molecule has 3 heterocycles. The number of carbonyl (C=O) groups is 2. The van der Waals surface area contributed by atoms with Gasteiger partial charge in [-0.1, -0.05) is 36.4 Å². The number of cyclic esters (lactones) is 2. The number of rotatable bonds is 3. The summed E-state index contributed by atoms with van der Waals surface area (Å²) in [5, 5.41) is 12.0. The number of para-hydroxylation sites is 2. The van der Waals surface area contributed by atoms with E-state index in [0.29, 0.717) is 5.56 Å². The first-order chi connectivity index (χ1) is 14.0. The Kier molecular flexibility index (Phi) is 3.86. The van der Waals surface area contributed by atoms with Crippen LogP contribution in [-0.4, -0.2) is 26.2 Å². The summed E-state index contributed by atoms with van der Waals surface area (Å²) in [6, 6.07) is 15.4. The number of aryl methyl sites for hydroxylation is 1. The molecule has 4 aromatic rings. The zero-order valence-electron chi connectivity index (χ0n) is 16.1. The Morgan fingerprint density at radius 1 is 0.862 bits per heavy atom. The molecule has 1 N–H and O–H groups in total. The van der Waals surface area contributed by atoms with Crippen LogP contribution in [0.4, 0.5) is 0 Å². The summed E-state index contributed by atoms with van der Waals surface area (Å²) in [5.41, 5.74) is 3.26. The maximum Gasteiger partial charge on any atom is 0.322 e. The topological polar surface area (TPSA) is 73.5 Å². The Bertz CT molecular complexity index is 1280. The van der Waals surface area contributed by atoms with E-state index < -0.39 is 30.0 Å². The molecule has 6 nitrogen and oxygen atoms in total. The van der Waals surface area contributed by atoms with E-state index >= 15 is 0 Å². The van der Waals surface area contributed by atoms with Gasteiger partial charge in [0.1, 0.15) is 18.1 Å². The van der Waals surface area contributed by atoms with Gasteiger partial charge in [-0.15, -0.1) is 0 Å². The SMILES string of the molecule is CC(O)n1cc(C2C(=O)OC(=O)C2c2cn(C)c3ccccc23)c2ccccc21. The second-order valence-electron chi connectivity index (χ2n) is 7.55. The van der Waals surface area contributed by atoms with Crippen LogP contribution < -0.4 is 0 Å². The molecule has 5 rings (SSSR count). The van der Waals surface area contributed by atoms with Crippen molar-refractivity contribution in [2.75, 3.05) is 0 Å². The Balaban J connectivity index is 1.75. The number of esters is 2. The lowest BCUT2D eigenvalue weighted by molar-refractivity contribution is -0.152. The third-order valence-electron chi connectivity index (χ3n) is 5.81. The van der Waals surface area contributed by atoms with Crippen molar-refractivity contribution in [2.45, 2.75) is 25.0 Å². The summed E-state index contributed by atoms with van der Waals surface area (Å²) in [5.74, 6) is -2.59. The van der Waals surface area contributed by atoms with Crippen molar-refractivity contribution in [3.05, 3.63) is 72.1 Å². The maximum absolute atomic E-state index is 12.8. The predicted octanol–water partition coefficient (Wildman–Crippen LogP) is 3.59. The van der Waals surface area contributed by atoms with Crippen molar-refractivity contribution < 1.29 is 19.4 Å². The van der Waals surface area contributed by atoms with Gasteiger partial charge in [-0.3, -0.25) is 9.59 Å². The number of carbonyl (C=O) groups excluding carboxylic acids is 2. The first-order valence-electron chi connectivity index (χ1n) is 9.54. The second-order valence-corrected chi connectivity index (χ2v) is 7.55. The van der Waals surface area contributed by atoms with Gasteiger partial charge in [0.05, 0.1) is 5.52 Å². The number of aliphatic hydroxyl groups excluding tert-OH is 1. The molecule has 0 amide bonds. The second kappa shape index (κ2) is 6.32. The smallest absolute Gasteiger partial charge is 0.322 e. The molecule has 146 valence electrons. The first kappa shape index (κ1) is 17.7. The van der Waals surface area contributed by atoms with E-state index in [1.807, 2.05) is 66.3 Å². The lowest BCUT2D eigenvalue weighted by Crippen LogP contribution is -2.14. The fourth-order valence-electron chi connectivity index (χ4n) is 4.52. The molecule has 0 radical (unpaired) electrons. The van der Waals surface area contributed by atoms with Crippen LogP contribution >= 0.6 is 0 Å². The molecule has 29 heavy (non-hydrogen) atoms. The number of hydrogen-bond donors (Lipinski definition) is 1. The van der Waals surface area contributed by atoms with E-state index in [1.54, 1.807) is 17.7 Å². The minimum Gasteiger partial charge on any atom is -0.392 e. The van der Waals surface area contributed by atoms with Crippen molar-refractivity contribution in [1.29, 1.82) is 0 Å². The molecular formula is C23H20N2O4. The van der Waals surface area contributed by atoms with Gasteiger partial charge in [-0.25, -0.2) is 0 Å². The standard InChI is InChI=1S/C23H20N2O4/c1-13(26)25-12-17(15-8-4-6-10-19(15)25)21-20(22(27)29-23(21)28)16-11-24(2)18-9-5-3-7-14(16)18/h3-13,20-21,26H,1-2H3. The Hall–Kier alpha value is -3.38. The van der Waals surface area contributed by atoms with Crippen molar-refractivity contribution >= 4 is 33.7 Å². The van der Waals surface area contributed by atoms with Gasteiger partial charge >= 0.3 is 11.9 Å². The monoisotopic (exact) mass is 388 g/mol. The molecule has 2 aromatic heterocycles. The highest BCUT2D eigenvalue weighted by molar-refractivity contribution is 6.06. The summed E-state index contributed by atoms with van der Waals surface area (Å²) in [6.45, 7) is 1.66. The molecule has 0 bridgehead atoms. The maximum atomic E-state index is 12.8. The summed E-state index contributed by atoms with van der Waals surface area (Å²) in [4.78, 5) is 25.6. The van der Waals surface area contributed by atoms with Gasteiger partial charge in [-0.05, 0) is 30.2 Å². The predicted molar refractivity (Wildman–Crippen MR) is 108 cm³/mol. The van der Waals surface area contributed by atoms with Crippen LogP contribution in [0.1, 0.15) is 36.1 Å². The number of aromatic nitrogens is 2. The van der Waals surface area contributed by atoms with E-state index in [1.165, 1.54) is 0 Å². The van der Waals surface area contributed by atoms with Crippen molar-refractivity contribution in [2.24, 2.45) is 7.05 Å².